The van der Waals surface area contributed by atoms with Crippen LogP contribution in [0.25, 0.3) is 0 Å². The molecule has 0 bridgehead atoms. The molecule has 3 heteroatoms. The van der Waals surface area contributed by atoms with E-state index in [0.717, 1.165) is 38.6 Å². The molecule has 1 aliphatic carbocycles. The molecule has 3 unspecified atom stereocenters. The van der Waals surface area contributed by atoms with E-state index in [9.17, 15) is 0 Å². The van der Waals surface area contributed by atoms with Gasteiger partial charge < -0.3 is 10.1 Å². The molecule has 0 amide bonds. The summed E-state index contributed by atoms with van der Waals surface area (Å²) in [7, 11) is 0. The number of hydrogen-bond acceptors (Lipinski definition) is 3. The van der Waals surface area contributed by atoms with Crippen LogP contribution in [0.15, 0.2) is 0 Å². The van der Waals surface area contributed by atoms with Crippen molar-refractivity contribution in [2.75, 3.05) is 32.8 Å². The Morgan fingerprint density at radius 2 is 2.10 bits per heavy atom. The molecule has 0 radical (unpaired) electrons. The molecule has 2 fully saturated rings. The highest BCUT2D eigenvalue weighted by molar-refractivity contribution is 4.97. The van der Waals surface area contributed by atoms with Crippen LogP contribution < -0.4 is 5.32 Å². The second kappa shape index (κ2) is 7.24. The third-order valence-corrected chi connectivity index (χ3v) is 5.26. The molecular weight excluding hydrogens is 248 g/mol. The van der Waals surface area contributed by atoms with Crippen LogP contribution in [-0.2, 0) is 4.74 Å². The molecule has 118 valence electrons. The second-order valence-corrected chi connectivity index (χ2v) is 7.38. The Hall–Kier alpha value is -0.120. The van der Waals surface area contributed by atoms with Crippen molar-refractivity contribution in [1.82, 2.24) is 10.2 Å². The van der Waals surface area contributed by atoms with Crippen molar-refractivity contribution in [2.24, 2.45) is 11.3 Å². The fraction of sp³-hybridized carbons (Fsp3) is 1.00. The highest BCUT2D eigenvalue weighted by Gasteiger charge is 2.42. The topological polar surface area (TPSA) is 24.5 Å². The summed E-state index contributed by atoms with van der Waals surface area (Å²) in [6.07, 6.45) is 5.57. The van der Waals surface area contributed by atoms with Crippen LogP contribution in [0.2, 0.25) is 0 Å². The standard InChI is InChI=1S/C17H34N2O/c1-5-9-18-16-14(7-8-17(16,3)4)12-19-10-11-20-15(6-2)13-19/h14-16,18H,5-13H2,1-4H3. The van der Waals surface area contributed by atoms with E-state index < -0.39 is 0 Å². The van der Waals surface area contributed by atoms with Crippen LogP contribution >= 0.6 is 0 Å². The van der Waals surface area contributed by atoms with Crippen LogP contribution in [0.4, 0.5) is 0 Å². The predicted octanol–water partition coefficient (Wildman–Crippen LogP) is 2.90. The molecule has 1 aliphatic heterocycles. The molecule has 3 nitrogen and oxygen atoms in total. The van der Waals surface area contributed by atoms with E-state index in [1.165, 1.54) is 25.8 Å². The van der Waals surface area contributed by atoms with E-state index in [1.807, 2.05) is 0 Å². The van der Waals surface area contributed by atoms with E-state index >= 15 is 0 Å². The van der Waals surface area contributed by atoms with Gasteiger partial charge in [0, 0.05) is 25.7 Å². The number of morpholine rings is 1. The van der Waals surface area contributed by atoms with E-state index in [0.29, 0.717) is 17.6 Å². The highest BCUT2D eigenvalue weighted by Crippen LogP contribution is 2.41. The van der Waals surface area contributed by atoms with Crippen LogP contribution in [0.3, 0.4) is 0 Å². The molecule has 1 N–H and O–H groups in total. The summed E-state index contributed by atoms with van der Waals surface area (Å²) in [4.78, 5) is 2.64. The Morgan fingerprint density at radius 3 is 2.80 bits per heavy atom. The lowest BCUT2D eigenvalue weighted by Gasteiger charge is -2.37. The van der Waals surface area contributed by atoms with Crippen molar-refractivity contribution in [3.05, 3.63) is 0 Å². The molecule has 3 atom stereocenters. The monoisotopic (exact) mass is 282 g/mol. The van der Waals surface area contributed by atoms with Crippen LogP contribution in [-0.4, -0.2) is 49.8 Å². The van der Waals surface area contributed by atoms with Crippen molar-refractivity contribution in [1.29, 1.82) is 0 Å². The van der Waals surface area contributed by atoms with Gasteiger partial charge in [0.1, 0.15) is 0 Å². The largest absolute Gasteiger partial charge is 0.376 e. The van der Waals surface area contributed by atoms with E-state index in [1.54, 1.807) is 0 Å². The summed E-state index contributed by atoms with van der Waals surface area (Å²) in [6, 6.07) is 0.686. The molecule has 1 heterocycles. The Morgan fingerprint density at radius 1 is 1.30 bits per heavy atom. The molecular formula is C17H34N2O. The number of ether oxygens (including phenoxy) is 1. The summed E-state index contributed by atoms with van der Waals surface area (Å²) in [5, 5.41) is 3.83. The summed E-state index contributed by atoms with van der Waals surface area (Å²) in [6.45, 7) is 15.0. The van der Waals surface area contributed by atoms with Gasteiger partial charge in [-0.05, 0) is 43.6 Å². The van der Waals surface area contributed by atoms with Crippen molar-refractivity contribution < 1.29 is 4.74 Å². The van der Waals surface area contributed by atoms with Gasteiger partial charge in [0.2, 0.25) is 0 Å². The first kappa shape index (κ1) is 16.3. The summed E-state index contributed by atoms with van der Waals surface area (Å²) in [5.41, 5.74) is 0.455. The summed E-state index contributed by atoms with van der Waals surface area (Å²) >= 11 is 0. The minimum absolute atomic E-state index is 0.455. The molecule has 2 rings (SSSR count). The van der Waals surface area contributed by atoms with Gasteiger partial charge in [-0.25, -0.2) is 0 Å². The maximum Gasteiger partial charge on any atom is 0.0700 e. The van der Waals surface area contributed by atoms with Gasteiger partial charge in [0.25, 0.3) is 0 Å². The lowest BCUT2D eigenvalue weighted by atomic mass is 9.84. The number of rotatable bonds is 6. The number of nitrogens with one attached hydrogen (secondary N) is 1. The molecule has 0 aromatic heterocycles. The number of nitrogens with zero attached hydrogens (tertiary/aromatic N) is 1. The van der Waals surface area contributed by atoms with Crippen LogP contribution in [0, 0.1) is 11.3 Å². The SMILES string of the molecule is CCCNC1C(CN2CCOC(CC)C2)CCC1(C)C. The van der Waals surface area contributed by atoms with Crippen molar-refractivity contribution >= 4 is 0 Å². The number of hydrogen-bond donors (Lipinski definition) is 1. The molecule has 20 heavy (non-hydrogen) atoms. The average molecular weight is 282 g/mol. The van der Waals surface area contributed by atoms with E-state index in [4.69, 9.17) is 4.74 Å². The maximum absolute atomic E-state index is 5.80. The van der Waals surface area contributed by atoms with Gasteiger partial charge in [-0.15, -0.1) is 0 Å². The zero-order valence-corrected chi connectivity index (χ0v) is 14.0. The second-order valence-electron chi connectivity index (χ2n) is 7.38. The van der Waals surface area contributed by atoms with Crippen molar-refractivity contribution in [3.63, 3.8) is 0 Å². The average Bonchev–Trinajstić information content (AvgIpc) is 2.72. The van der Waals surface area contributed by atoms with Gasteiger partial charge in [-0.3, -0.25) is 4.90 Å². The molecule has 0 spiro atoms. The fourth-order valence-corrected chi connectivity index (χ4v) is 3.98. The normalized spacial score (nSPS) is 34.5. The Kier molecular flexibility index (Phi) is 5.88. The Labute approximate surface area is 125 Å². The first-order valence-electron chi connectivity index (χ1n) is 8.64. The summed E-state index contributed by atoms with van der Waals surface area (Å²) in [5.74, 6) is 0.812. The lowest BCUT2D eigenvalue weighted by Crippen LogP contribution is -2.49. The van der Waals surface area contributed by atoms with Crippen LogP contribution in [0.1, 0.15) is 53.4 Å². The smallest absolute Gasteiger partial charge is 0.0700 e. The molecule has 1 saturated heterocycles. The van der Waals surface area contributed by atoms with Gasteiger partial charge in [-0.2, -0.15) is 0 Å². The van der Waals surface area contributed by atoms with E-state index in [2.05, 4.69) is 37.9 Å². The highest BCUT2D eigenvalue weighted by atomic mass is 16.5. The minimum atomic E-state index is 0.455. The first-order valence-corrected chi connectivity index (χ1v) is 8.64. The zero-order chi connectivity index (χ0) is 14.6. The molecule has 0 aromatic rings. The minimum Gasteiger partial charge on any atom is -0.376 e. The zero-order valence-electron chi connectivity index (χ0n) is 14.0. The Bertz CT molecular complexity index is 293. The first-order chi connectivity index (χ1) is 9.56. The van der Waals surface area contributed by atoms with Gasteiger partial charge in [-0.1, -0.05) is 27.7 Å². The fourth-order valence-electron chi connectivity index (χ4n) is 3.98. The Balaban J connectivity index is 1.90. The van der Waals surface area contributed by atoms with Gasteiger partial charge in [0.05, 0.1) is 12.7 Å². The molecule has 0 aromatic carbocycles. The van der Waals surface area contributed by atoms with Gasteiger partial charge in [0.15, 0.2) is 0 Å². The van der Waals surface area contributed by atoms with Gasteiger partial charge >= 0.3 is 0 Å². The molecule has 2 aliphatic rings. The lowest BCUT2D eigenvalue weighted by molar-refractivity contribution is -0.0354. The van der Waals surface area contributed by atoms with Crippen molar-refractivity contribution in [3.8, 4) is 0 Å². The third kappa shape index (κ3) is 3.96. The maximum atomic E-state index is 5.80. The molecule has 1 saturated carbocycles. The van der Waals surface area contributed by atoms with Crippen LogP contribution in [0.5, 0.6) is 0 Å². The third-order valence-electron chi connectivity index (χ3n) is 5.26. The van der Waals surface area contributed by atoms with E-state index in [-0.39, 0.29) is 0 Å². The van der Waals surface area contributed by atoms with Crippen molar-refractivity contribution in [2.45, 2.75) is 65.5 Å². The summed E-state index contributed by atoms with van der Waals surface area (Å²) < 4.78 is 5.80. The quantitative estimate of drug-likeness (QED) is 0.811. The predicted molar refractivity (Wildman–Crippen MR) is 85.1 cm³/mol.